The van der Waals surface area contributed by atoms with Gasteiger partial charge in [-0.05, 0) is 49.4 Å². The van der Waals surface area contributed by atoms with Crippen molar-refractivity contribution in [2.24, 2.45) is 0 Å². The molecule has 0 saturated heterocycles. The molecule has 4 rings (SSSR count). The van der Waals surface area contributed by atoms with E-state index in [0.717, 1.165) is 49.7 Å². The van der Waals surface area contributed by atoms with Crippen molar-refractivity contribution in [1.29, 1.82) is 0 Å². The molecule has 1 fully saturated rings. The first-order valence-electron chi connectivity index (χ1n) is 11.3. The zero-order valence-electron chi connectivity index (χ0n) is 19.0. The van der Waals surface area contributed by atoms with Gasteiger partial charge in [0.2, 0.25) is 11.8 Å². The summed E-state index contributed by atoms with van der Waals surface area (Å²) in [6, 6.07) is 2.47. The van der Waals surface area contributed by atoms with E-state index in [2.05, 4.69) is 15.6 Å². The molecule has 11 heteroatoms. The molecule has 0 bridgehead atoms. The Morgan fingerprint density at radius 3 is 2.49 bits per heavy atom. The zero-order chi connectivity index (χ0) is 25.4. The number of benzene rings is 1. The quantitative estimate of drug-likeness (QED) is 0.505. The van der Waals surface area contributed by atoms with E-state index < -0.39 is 53.1 Å². The van der Waals surface area contributed by atoms with Crippen LogP contribution in [0.25, 0.3) is 0 Å². The van der Waals surface area contributed by atoms with Crippen molar-refractivity contribution in [2.75, 3.05) is 6.54 Å². The van der Waals surface area contributed by atoms with E-state index in [0.29, 0.717) is 6.42 Å². The normalized spacial score (nSPS) is 20.4. The van der Waals surface area contributed by atoms with Gasteiger partial charge in [0.15, 0.2) is 0 Å². The zero-order valence-corrected chi connectivity index (χ0v) is 19.0. The number of amides is 1. The number of alkyl halides is 3. The molecule has 6 nitrogen and oxygen atoms in total. The lowest BCUT2D eigenvalue weighted by atomic mass is 9.73. The first kappa shape index (κ1) is 25.3. The van der Waals surface area contributed by atoms with Crippen LogP contribution in [0.15, 0.2) is 30.5 Å². The minimum absolute atomic E-state index is 0.0504. The summed E-state index contributed by atoms with van der Waals surface area (Å²) in [7, 11) is 0. The number of rotatable bonds is 7. The highest BCUT2D eigenvalue weighted by Gasteiger charge is 2.47. The van der Waals surface area contributed by atoms with Gasteiger partial charge in [-0.1, -0.05) is 0 Å². The molecule has 1 aromatic carbocycles. The monoisotopic (exact) mass is 499 g/mol. The Morgan fingerprint density at radius 2 is 1.91 bits per heavy atom. The molecule has 1 amide bonds. The van der Waals surface area contributed by atoms with Gasteiger partial charge in [-0.3, -0.25) is 4.79 Å². The average Bonchev–Trinajstić information content (AvgIpc) is 2.73. The van der Waals surface area contributed by atoms with Gasteiger partial charge in [-0.15, -0.1) is 0 Å². The summed E-state index contributed by atoms with van der Waals surface area (Å²) in [5.74, 6) is -1.89. The van der Waals surface area contributed by atoms with Gasteiger partial charge >= 0.3 is 6.18 Å². The van der Waals surface area contributed by atoms with Crippen molar-refractivity contribution in [3.8, 4) is 5.88 Å². The van der Waals surface area contributed by atoms with Crippen LogP contribution in [0.1, 0.15) is 55.3 Å². The number of hydrogen-bond acceptors (Lipinski definition) is 5. The number of aliphatic hydroxyl groups is 1. The maximum atomic E-state index is 13.6. The second-order valence-electron chi connectivity index (χ2n) is 9.28. The molecule has 1 spiro atoms. The van der Waals surface area contributed by atoms with Gasteiger partial charge in [-0.25, -0.2) is 13.8 Å². The molecule has 1 saturated carbocycles. The highest BCUT2D eigenvalue weighted by atomic mass is 19.4. The van der Waals surface area contributed by atoms with Gasteiger partial charge < -0.3 is 20.5 Å². The lowest BCUT2D eigenvalue weighted by Gasteiger charge is -2.47. The van der Waals surface area contributed by atoms with E-state index >= 15 is 0 Å². The Bertz CT molecular complexity index is 1070. The Balaban J connectivity index is 1.52. The number of nitrogens with one attached hydrogen (secondary N) is 2. The summed E-state index contributed by atoms with van der Waals surface area (Å²) in [6.45, 7) is 1.15. The number of aliphatic hydroxyl groups excluding tert-OH is 1. The molecule has 3 N–H and O–H groups in total. The molecule has 1 aliphatic carbocycles. The van der Waals surface area contributed by atoms with Crippen LogP contribution in [0.2, 0.25) is 0 Å². The maximum Gasteiger partial charge on any atom is 0.417 e. The summed E-state index contributed by atoms with van der Waals surface area (Å²) < 4.78 is 73.0. The Kier molecular flexibility index (Phi) is 7.01. The van der Waals surface area contributed by atoms with E-state index in [1.807, 2.05) is 0 Å². The van der Waals surface area contributed by atoms with Crippen LogP contribution in [-0.2, 0) is 17.4 Å². The summed E-state index contributed by atoms with van der Waals surface area (Å²) >= 11 is 0. The first-order valence-corrected chi connectivity index (χ1v) is 11.3. The summed E-state index contributed by atoms with van der Waals surface area (Å²) in [5, 5.41) is 16.5. The van der Waals surface area contributed by atoms with Crippen molar-refractivity contribution in [1.82, 2.24) is 15.6 Å². The van der Waals surface area contributed by atoms with Crippen molar-refractivity contribution in [2.45, 2.75) is 69.0 Å². The van der Waals surface area contributed by atoms with Gasteiger partial charge in [0.05, 0.1) is 17.7 Å². The molecule has 1 aromatic heterocycles. The first-order chi connectivity index (χ1) is 16.4. The standard InChI is InChI=1S/C24H26F5N3O3/c1-13(33)32-19(7-14-5-16(25)9-17(26)6-14)21(34)12-30-20-10-23(3-2-4-23)35-22-18(20)8-15(11-31-22)24(27,28)29/h5-6,8-9,11,19-21,30,34H,2-4,7,10,12H2,1H3,(H,32,33)/t19-,20-,21-/m0/s1. The fraction of sp³-hybridized carbons (Fsp3) is 0.500. The third-order valence-corrected chi connectivity index (χ3v) is 6.54. The molecule has 2 aliphatic rings. The Labute approximate surface area is 198 Å². The number of carbonyl (C=O) groups is 1. The average molecular weight is 499 g/mol. The van der Waals surface area contributed by atoms with Crippen LogP contribution in [-0.4, -0.2) is 40.3 Å². The number of carbonyl (C=O) groups excluding carboxylic acids is 1. The Morgan fingerprint density at radius 1 is 1.23 bits per heavy atom. The summed E-state index contributed by atoms with van der Waals surface area (Å²) in [5.41, 5.74) is -0.934. The minimum Gasteiger partial charge on any atom is -0.471 e. The van der Waals surface area contributed by atoms with E-state index in [-0.39, 0.29) is 30.0 Å². The number of halogens is 5. The number of pyridine rings is 1. The van der Waals surface area contributed by atoms with Crippen molar-refractivity contribution >= 4 is 5.91 Å². The Hall–Kier alpha value is -2.79. The second-order valence-corrected chi connectivity index (χ2v) is 9.28. The highest BCUT2D eigenvalue weighted by molar-refractivity contribution is 5.73. The van der Waals surface area contributed by atoms with Gasteiger partial charge in [0.25, 0.3) is 0 Å². The van der Waals surface area contributed by atoms with Crippen molar-refractivity contribution in [3.05, 3.63) is 58.8 Å². The van der Waals surface area contributed by atoms with Crippen LogP contribution in [0, 0.1) is 11.6 Å². The van der Waals surface area contributed by atoms with Crippen molar-refractivity contribution in [3.63, 3.8) is 0 Å². The fourth-order valence-electron chi connectivity index (χ4n) is 4.68. The van der Waals surface area contributed by atoms with E-state index in [1.165, 1.54) is 6.92 Å². The molecular formula is C24H26F5N3O3. The predicted octanol–water partition coefficient (Wildman–Crippen LogP) is 3.82. The number of aromatic nitrogens is 1. The van der Waals surface area contributed by atoms with Crippen molar-refractivity contribution < 1.29 is 36.6 Å². The van der Waals surface area contributed by atoms with Crippen LogP contribution < -0.4 is 15.4 Å². The van der Waals surface area contributed by atoms with Gasteiger partial charge in [-0.2, -0.15) is 13.2 Å². The largest absolute Gasteiger partial charge is 0.471 e. The molecule has 190 valence electrons. The molecule has 0 unspecified atom stereocenters. The van der Waals surface area contributed by atoms with Gasteiger partial charge in [0.1, 0.15) is 17.2 Å². The van der Waals surface area contributed by atoms with E-state index in [4.69, 9.17) is 4.74 Å². The van der Waals surface area contributed by atoms with Crippen LogP contribution in [0.4, 0.5) is 22.0 Å². The lowest BCUT2D eigenvalue weighted by molar-refractivity contribution is -0.138. The molecule has 2 heterocycles. The van der Waals surface area contributed by atoms with Crippen LogP contribution in [0.3, 0.4) is 0 Å². The van der Waals surface area contributed by atoms with Gasteiger partial charge in [0, 0.05) is 43.8 Å². The highest BCUT2D eigenvalue weighted by Crippen LogP contribution is 2.49. The molecule has 1 aliphatic heterocycles. The third kappa shape index (κ3) is 5.90. The summed E-state index contributed by atoms with van der Waals surface area (Å²) in [6.07, 6.45) is -2.26. The van der Waals surface area contributed by atoms with Crippen LogP contribution >= 0.6 is 0 Å². The SMILES string of the molecule is CC(=O)N[C@@H](Cc1cc(F)cc(F)c1)[C@@H](O)CN[C@H]1CC2(CCC2)Oc2ncc(C(F)(F)F)cc21. The molecule has 0 radical (unpaired) electrons. The van der Waals surface area contributed by atoms with E-state index in [9.17, 15) is 31.9 Å². The number of fused-ring (bicyclic) bond motifs is 1. The second kappa shape index (κ2) is 9.69. The number of hydrogen-bond donors (Lipinski definition) is 3. The summed E-state index contributed by atoms with van der Waals surface area (Å²) in [4.78, 5) is 15.6. The molecule has 2 aromatic rings. The number of nitrogens with zero attached hydrogens (tertiary/aromatic N) is 1. The fourth-order valence-corrected chi connectivity index (χ4v) is 4.68. The molecular weight excluding hydrogens is 473 g/mol. The smallest absolute Gasteiger partial charge is 0.417 e. The maximum absolute atomic E-state index is 13.6. The van der Waals surface area contributed by atoms with E-state index in [1.54, 1.807) is 0 Å². The topological polar surface area (TPSA) is 83.5 Å². The minimum atomic E-state index is -4.57. The molecule has 35 heavy (non-hydrogen) atoms. The predicted molar refractivity (Wildman–Crippen MR) is 115 cm³/mol. The third-order valence-electron chi connectivity index (χ3n) is 6.54. The lowest BCUT2D eigenvalue weighted by Crippen LogP contribution is -2.52. The molecule has 3 atom stereocenters. The van der Waals surface area contributed by atoms with Crippen LogP contribution in [0.5, 0.6) is 5.88 Å². The number of ether oxygens (including phenoxy) is 1.